The maximum absolute atomic E-state index is 11.8. The molecule has 0 amide bonds. The second kappa shape index (κ2) is 7.65. The Labute approximate surface area is 111 Å². The van der Waals surface area contributed by atoms with Crippen molar-refractivity contribution in [2.45, 2.75) is 19.3 Å². The van der Waals surface area contributed by atoms with Gasteiger partial charge in [-0.2, -0.15) is 0 Å². The Bertz CT molecular complexity index is 430. The molecule has 0 saturated heterocycles. The summed E-state index contributed by atoms with van der Waals surface area (Å²) in [5, 5.41) is 19.2. The molecule has 7 heteroatoms. The number of nitrogens with one attached hydrogen (secondary N) is 1. The Morgan fingerprint density at radius 3 is 2.79 bits per heavy atom. The lowest BCUT2D eigenvalue weighted by Crippen LogP contribution is -2.27. The van der Waals surface area contributed by atoms with Crippen LogP contribution in [0.1, 0.15) is 29.8 Å². The van der Waals surface area contributed by atoms with Crippen LogP contribution in [-0.2, 0) is 0 Å². The maximum atomic E-state index is 11.8. The van der Waals surface area contributed by atoms with Gasteiger partial charge in [0, 0.05) is 12.7 Å². The first-order chi connectivity index (χ1) is 9.04. The zero-order valence-corrected chi connectivity index (χ0v) is 11.0. The van der Waals surface area contributed by atoms with E-state index in [9.17, 15) is 14.9 Å². The minimum Gasteiger partial charge on any atom is -0.396 e. The van der Waals surface area contributed by atoms with Gasteiger partial charge in [-0.05, 0) is 32.9 Å². The molecule has 0 aromatic carbocycles. The number of H-pyrrole nitrogens is 1. The predicted molar refractivity (Wildman–Crippen MR) is 70.2 cm³/mol. The van der Waals surface area contributed by atoms with Crippen LogP contribution < -0.4 is 0 Å². The fraction of sp³-hybridized carbons (Fsp3) is 0.583. The van der Waals surface area contributed by atoms with E-state index >= 15 is 0 Å². The topological polar surface area (TPSA) is 99.5 Å². The molecule has 0 unspecified atom stereocenters. The third kappa shape index (κ3) is 5.19. The molecular formula is C12H19N3O4. The van der Waals surface area contributed by atoms with Gasteiger partial charge in [0.2, 0.25) is 0 Å². The quantitative estimate of drug-likeness (QED) is 0.304. The first-order valence-corrected chi connectivity index (χ1v) is 6.20. The summed E-state index contributed by atoms with van der Waals surface area (Å²) in [4.78, 5) is 26.3. The van der Waals surface area contributed by atoms with Crippen LogP contribution in [0, 0.1) is 10.1 Å². The standard InChI is InChI=1S/C12H19N3O4/c1-14(5-3-2-4-6-16)9-12(17)11-7-10(8-13-11)15(18)19/h7-8,13,16H,2-6,9H2,1H3. The van der Waals surface area contributed by atoms with Crippen molar-refractivity contribution in [1.29, 1.82) is 0 Å². The molecule has 1 aromatic rings. The van der Waals surface area contributed by atoms with Gasteiger partial charge in [0.25, 0.3) is 5.69 Å². The van der Waals surface area contributed by atoms with E-state index in [1.165, 1.54) is 12.3 Å². The van der Waals surface area contributed by atoms with Gasteiger partial charge in [-0.25, -0.2) is 0 Å². The summed E-state index contributed by atoms with van der Waals surface area (Å²) in [6, 6.07) is 1.25. The van der Waals surface area contributed by atoms with E-state index in [2.05, 4.69) is 4.98 Å². The second-order valence-electron chi connectivity index (χ2n) is 4.47. The summed E-state index contributed by atoms with van der Waals surface area (Å²) < 4.78 is 0. The van der Waals surface area contributed by atoms with Crippen molar-refractivity contribution >= 4 is 11.5 Å². The third-order valence-corrected chi connectivity index (χ3v) is 2.79. The highest BCUT2D eigenvalue weighted by molar-refractivity contribution is 5.96. The Morgan fingerprint density at radius 2 is 2.21 bits per heavy atom. The number of unbranched alkanes of at least 4 members (excludes halogenated alkanes) is 2. The highest BCUT2D eigenvalue weighted by Crippen LogP contribution is 2.12. The lowest BCUT2D eigenvalue weighted by atomic mass is 10.2. The van der Waals surface area contributed by atoms with Crippen LogP contribution in [0.5, 0.6) is 0 Å². The van der Waals surface area contributed by atoms with Gasteiger partial charge in [-0.3, -0.25) is 19.8 Å². The summed E-state index contributed by atoms with van der Waals surface area (Å²) in [5.74, 6) is -0.169. The van der Waals surface area contributed by atoms with Crippen LogP contribution in [-0.4, -0.2) is 52.4 Å². The number of aromatic amines is 1. The van der Waals surface area contributed by atoms with Crippen molar-refractivity contribution in [2.75, 3.05) is 26.7 Å². The number of ketones is 1. The van der Waals surface area contributed by atoms with Crippen molar-refractivity contribution in [3.8, 4) is 0 Å². The number of likely N-dealkylation sites (N-methyl/N-ethyl adjacent to an activating group) is 1. The van der Waals surface area contributed by atoms with Gasteiger partial charge in [-0.15, -0.1) is 0 Å². The minimum absolute atomic E-state index is 0.103. The van der Waals surface area contributed by atoms with E-state index in [0.29, 0.717) is 0 Å². The van der Waals surface area contributed by atoms with Crippen LogP contribution in [0.15, 0.2) is 12.3 Å². The van der Waals surface area contributed by atoms with Crippen LogP contribution >= 0.6 is 0 Å². The Balaban J connectivity index is 2.38. The normalized spacial score (nSPS) is 10.9. The Morgan fingerprint density at radius 1 is 1.47 bits per heavy atom. The monoisotopic (exact) mass is 269 g/mol. The zero-order valence-electron chi connectivity index (χ0n) is 11.0. The molecule has 0 bridgehead atoms. The van der Waals surface area contributed by atoms with Gasteiger partial charge < -0.3 is 10.1 Å². The number of Topliss-reactive ketones (excluding diaryl/α,β-unsaturated/α-hetero) is 1. The van der Waals surface area contributed by atoms with Gasteiger partial charge >= 0.3 is 0 Å². The van der Waals surface area contributed by atoms with Crippen LogP contribution in [0.25, 0.3) is 0 Å². The fourth-order valence-electron chi connectivity index (χ4n) is 1.73. The average Bonchev–Trinajstić information content (AvgIpc) is 2.84. The first-order valence-electron chi connectivity index (χ1n) is 6.20. The molecule has 0 saturated carbocycles. The molecule has 0 radical (unpaired) electrons. The van der Waals surface area contributed by atoms with Gasteiger partial charge in [0.1, 0.15) is 0 Å². The minimum atomic E-state index is -0.536. The number of aliphatic hydroxyl groups is 1. The van der Waals surface area contributed by atoms with Crippen molar-refractivity contribution in [2.24, 2.45) is 0 Å². The van der Waals surface area contributed by atoms with Crippen molar-refractivity contribution in [3.05, 3.63) is 28.1 Å². The van der Waals surface area contributed by atoms with E-state index in [1.54, 1.807) is 0 Å². The molecule has 7 nitrogen and oxygen atoms in total. The van der Waals surface area contributed by atoms with Crippen molar-refractivity contribution < 1.29 is 14.8 Å². The molecule has 0 spiro atoms. The number of nitro groups is 1. The largest absolute Gasteiger partial charge is 0.396 e. The molecule has 1 aromatic heterocycles. The van der Waals surface area contributed by atoms with Crippen LogP contribution in [0.2, 0.25) is 0 Å². The van der Waals surface area contributed by atoms with Gasteiger partial charge in [-0.1, -0.05) is 0 Å². The number of aliphatic hydroxyl groups excluding tert-OH is 1. The molecule has 0 aliphatic carbocycles. The highest BCUT2D eigenvalue weighted by Gasteiger charge is 2.15. The predicted octanol–water partition coefficient (Wildman–Crippen LogP) is 1.20. The zero-order chi connectivity index (χ0) is 14.3. The number of carbonyl (C=O) groups excluding carboxylic acids is 1. The number of nitrogens with zero attached hydrogens (tertiary/aromatic N) is 2. The Kier molecular flexibility index (Phi) is 6.17. The molecule has 0 aliphatic heterocycles. The van der Waals surface area contributed by atoms with Gasteiger partial charge in [0.15, 0.2) is 5.78 Å². The van der Waals surface area contributed by atoms with Gasteiger partial charge in [0.05, 0.1) is 23.4 Å². The first kappa shape index (κ1) is 15.3. The summed E-state index contributed by atoms with van der Waals surface area (Å²) in [6.07, 6.45) is 3.82. The molecule has 0 fully saturated rings. The Hall–Kier alpha value is -1.73. The van der Waals surface area contributed by atoms with E-state index in [1.807, 2.05) is 11.9 Å². The van der Waals surface area contributed by atoms with Crippen LogP contribution in [0.4, 0.5) is 5.69 Å². The average molecular weight is 269 g/mol. The van der Waals surface area contributed by atoms with E-state index in [4.69, 9.17) is 5.11 Å². The molecule has 0 atom stereocenters. The molecule has 2 N–H and O–H groups in total. The van der Waals surface area contributed by atoms with Crippen molar-refractivity contribution in [3.63, 3.8) is 0 Å². The second-order valence-corrected chi connectivity index (χ2v) is 4.47. The molecule has 1 rings (SSSR count). The third-order valence-electron chi connectivity index (χ3n) is 2.79. The molecule has 106 valence electrons. The van der Waals surface area contributed by atoms with Crippen LogP contribution in [0.3, 0.4) is 0 Å². The lowest BCUT2D eigenvalue weighted by Gasteiger charge is -2.14. The van der Waals surface area contributed by atoms with E-state index < -0.39 is 4.92 Å². The lowest BCUT2D eigenvalue weighted by molar-refractivity contribution is -0.384. The molecule has 19 heavy (non-hydrogen) atoms. The number of carbonyl (C=O) groups is 1. The summed E-state index contributed by atoms with van der Waals surface area (Å²) >= 11 is 0. The molecule has 1 heterocycles. The van der Waals surface area contributed by atoms with Crippen molar-refractivity contribution in [1.82, 2.24) is 9.88 Å². The summed E-state index contributed by atoms with van der Waals surface area (Å²) in [7, 11) is 1.83. The van der Waals surface area contributed by atoms with E-state index in [-0.39, 0.29) is 30.3 Å². The number of hydrogen-bond donors (Lipinski definition) is 2. The highest BCUT2D eigenvalue weighted by atomic mass is 16.6. The molecular weight excluding hydrogens is 250 g/mol. The number of aromatic nitrogens is 1. The summed E-state index contributed by atoms with van der Waals surface area (Å²) in [6.45, 7) is 1.17. The summed E-state index contributed by atoms with van der Waals surface area (Å²) in [5.41, 5.74) is 0.155. The number of rotatable bonds is 9. The SMILES string of the molecule is CN(CCCCCO)CC(=O)c1cc([N+](=O)[O-])c[nH]1. The maximum Gasteiger partial charge on any atom is 0.287 e. The smallest absolute Gasteiger partial charge is 0.287 e. The number of hydrogen-bond acceptors (Lipinski definition) is 5. The molecule has 0 aliphatic rings. The van der Waals surface area contributed by atoms with E-state index in [0.717, 1.165) is 25.8 Å². The fourth-order valence-corrected chi connectivity index (χ4v) is 1.73.